The fourth-order valence-electron chi connectivity index (χ4n) is 2.52. The zero-order valence-electron chi connectivity index (χ0n) is 14.8. The summed E-state index contributed by atoms with van der Waals surface area (Å²) >= 11 is 0. The maximum atomic E-state index is 12.5. The summed E-state index contributed by atoms with van der Waals surface area (Å²) in [6, 6.07) is 9.32. The van der Waals surface area contributed by atoms with Crippen molar-refractivity contribution in [2.45, 2.75) is 33.7 Å². The molecule has 0 aliphatic heterocycles. The fourth-order valence-corrected chi connectivity index (χ4v) is 2.52. The second-order valence-corrected chi connectivity index (χ2v) is 6.03. The topological polar surface area (TPSA) is 93.1 Å². The van der Waals surface area contributed by atoms with E-state index in [0.717, 1.165) is 5.69 Å². The first kappa shape index (κ1) is 18.4. The lowest BCUT2D eigenvalue weighted by Crippen LogP contribution is -2.42. The van der Waals surface area contributed by atoms with Gasteiger partial charge < -0.3 is 10.6 Å². The molecule has 0 radical (unpaired) electrons. The summed E-state index contributed by atoms with van der Waals surface area (Å²) in [5.74, 6) is -1.86. The van der Waals surface area contributed by atoms with Crippen LogP contribution < -0.4 is 10.6 Å². The van der Waals surface area contributed by atoms with Crippen LogP contribution in [-0.4, -0.2) is 40.0 Å². The van der Waals surface area contributed by atoms with E-state index in [2.05, 4.69) is 15.7 Å². The van der Waals surface area contributed by atoms with E-state index in [0.29, 0.717) is 11.4 Å². The highest BCUT2D eigenvalue weighted by atomic mass is 16.2. The Labute approximate surface area is 146 Å². The van der Waals surface area contributed by atoms with Gasteiger partial charge in [0.05, 0.1) is 29.2 Å². The highest BCUT2D eigenvalue weighted by Crippen LogP contribution is 2.18. The van der Waals surface area contributed by atoms with E-state index in [1.165, 1.54) is 0 Å². The van der Waals surface area contributed by atoms with Crippen LogP contribution >= 0.6 is 0 Å². The third-order valence-electron chi connectivity index (χ3n) is 3.58. The normalized spacial score (nSPS) is 10.6. The predicted molar refractivity (Wildman–Crippen MR) is 93.7 cm³/mol. The first-order chi connectivity index (χ1) is 11.8. The Kier molecular flexibility index (Phi) is 5.69. The summed E-state index contributed by atoms with van der Waals surface area (Å²) in [5.41, 5.74) is 2.10. The Morgan fingerprint density at radius 1 is 1.12 bits per heavy atom. The number of benzene rings is 1. The Balaban J connectivity index is 2.16. The van der Waals surface area contributed by atoms with Crippen LogP contribution in [0.5, 0.6) is 0 Å². The monoisotopic (exact) mass is 342 g/mol. The van der Waals surface area contributed by atoms with Gasteiger partial charge in [-0.15, -0.1) is 0 Å². The van der Waals surface area contributed by atoms with Gasteiger partial charge in [0.2, 0.25) is 5.91 Å². The summed E-state index contributed by atoms with van der Waals surface area (Å²) in [5, 5.41) is 9.35. The number of ketones is 1. The fraction of sp³-hybridized carbons (Fsp3) is 0.333. The van der Waals surface area contributed by atoms with Gasteiger partial charge in [-0.1, -0.05) is 18.2 Å². The molecule has 0 saturated heterocycles. The van der Waals surface area contributed by atoms with Gasteiger partial charge in [-0.05, 0) is 39.8 Å². The lowest BCUT2D eigenvalue weighted by atomic mass is 10.1. The zero-order valence-corrected chi connectivity index (χ0v) is 14.8. The van der Waals surface area contributed by atoms with Crippen molar-refractivity contribution in [3.05, 3.63) is 47.3 Å². The van der Waals surface area contributed by atoms with Crippen molar-refractivity contribution < 1.29 is 14.4 Å². The first-order valence-corrected chi connectivity index (χ1v) is 8.04. The molecule has 0 spiro atoms. The lowest BCUT2D eigenvalue weighted by molar-refractivity contribution is -0.124. The number of Topliss-reactive ketones (excluding diaryl/α,β-unsaturated/α-hetero) is 1. The molecule has 0 atom stereocenters. The second-order valence-electron chi connectivity index (χ2n) is 6.03. The maximum Gasteiger partial charge on any atom is 0.292 e. The average Bonchev–Trinajstić information content (AvgIpc) is 2.86. The Morgan fingerprint density at radius 3 is 2.36 bits per heavy atom. The number of carbonyl (C=O) groups is 3. The van der Waals surface area contributed by atoms with Crippen LogP contribution in [0.3, 0.4) is 0 Å². The van der Waals surface area contributed by atoms with Gasteiger partial charge in [0.25, 0.3) is 11.7 Å². The first-order valence-electron chi connectivity index (χ1n) is 8.04. The van der Waals surface area contributed by atoms with E-state index in [9.17, 15) is 14.4 Å². The Hall–Kier alpha value is -2.96. The molecule has 25 heavy (non-hydrogen) atoms. The minimum Gasteiger partial charge on any atom is -0.352 e. The molecule has 2 aromatic rings. The third kappa shape index (κ3) is 4.32. The molecule has 0 fully saturated rings. The number of nitrogens with zero attached hydrogens (tertiary/aromatic N) is 2. The predicted octanol–water partition coefficient (Wildman–Crippen LogP) is 1.31. The highest BCUT2D eigenvalue weighted by molar-refractivity contribution is 6.43. The number of hydrogen-bond acceptors (Lipinski definition) is 4. The van der Waals surface area contributed by atoms with Crippen molar-refractivity contribution in [1.82, 2.24) is 20.4 Å². The summed E-state index contributed by atoms with van der Waals surface area (Å²) in [6.45, 7) is 6.80. The summed E-state index contributed by atoms with van der Waals surface area (Å²) in [6.07, 6.45) is 0. The molecule has 2 N–H and O–H groups in total. The van der Waals surface area contributed by atoms with E-state index < -0.39 is 11.7 Å². The Bertz CT molecular complexity index is 794. The Morgan fingerprint density at radius 2 is 1.76 bits per heavy atom. The molecule has 1 aromatic heterocycles. The second kappa shape index (κ2) is 7.74. The van der Waals surface area contributed by atoms with Gasteiger partial charge in [-0.25, -0.2) is 4.68 Å². The van der Waals surface area contributed by atoms with Crippen molar-refractivity contribution in [3.8, 4) is 5.69 Å². The highest BCUT2D eigenvalue weighted by Gasteiger charge is 2.25. The van der Waals surface area contributed by atoms with Crippen molar-refractivity contribution in [3.63, 3.8) is 0 Å². The van der Waals surface area contributed by atoms with Crippen LogP contribution in [0.2, 0.25) is 0 Å². The molecule has 132 valence electrons. The molecule has 0 aliphatic carbocycles. The van der Waals surface area contributed by atoms with Crippen molar-refractivity contribution >= 4 is 17.6 Å². The van der Waals surface area contributed by atoms with Crippen LogP contribution in [-0.2, 0) is 9.59 Å². The van der Waals surface area contributed by atoms with Gasteiger partial charge in [0.15, 0.2) is 0 Å². The molecule has 1 aromatic carbocycles. The summed E-state index contributed by atoms with van der Waals surface area (Å²) in [7, 11) is 0. The van der Waals surface area contributed by atoms with Gasteiger partial charge >= 0.3 is 0 Å². The van der Waals surface area contributed by atoms with Gasteiger partial charge in [0, 0.05) is 6.04 Å². The van der Waals surface area contributed by atoms with Crippen molar-refractivity contribution in [1.29, 1.82) is 0 Å². The van der Waals surface area contributed by atoms with Crippen LogP contribution in [0.25, 0.3) is 5.69 Å². The zero-order chi connectivity index (χ0) is 18.6. The molecule has 2 rings (SSSR count). The number of rotatable bonds is 6. The minimum atomic E-state index is -0.822. The van der Waals surface area contributed by atoms with Crippen molar-refractivity contribution in [2.75, 3.05) is 6.54 Å². The maximum absolute atomic E-state index is 12.5. The lowest BCUT2D eigenvalue weighted by Gasteiger charge is -2.09. The van der Waals surface area contributed by atoms with E-state index >= 15 is 0 Å². The van der Waals surface area contributed by atoms with Crippen LogP contribution in [0.15, 0.2) is 30.3 Å². The molecule has 7 heteroatoms. The van der Waals surface area contributed by atoms with E-state index in [-0.39, 0.29) is 24.1 Å². The molecule has 0 bridgehead atoms. The molecule has 1 heterocycles. The summed E-state index contributed by atoms with van der Waals surface area (Å²) < 4.78 is 1.63. The standard InChI is InChI=1S/C18H22N4O3/c1-11(2)20-15(23)10-19-18(25)17(24)16-12(3)21-22(13(16)4)14-8-6-5-7-9-14/h5-9,11H,10H2,1-4H3,(H,19,25)(H,20,23). The number of para-hydroxylation sites is 1. The number of amides is 2. The third-order valence-corrected chi connectivity index (χ3v) is 3.58. The van der Waals surface area contributed by atoms with Crippen LogP contribution in [0.4, 0.5) is 0 Å². The van der Waals surface area contributed by atoms with E-state index in [4.69, 9.17) is 0 Å². The number of nitrogens with one attached hydrogen (secondary N) is 2. The van der Waals surface area contributed by atoms with E-state index in [1.807, 2.05) is 44.2 Å². The largest absolute Gasteiger partial charge is 0.352 e. The summed E-state index contributed by atoms with van der Waals surface area (Å²) in [4.78, 5) is 36.2. The SMILES string of the molecule is Cc1nn(-c2ccccc2)c(C)c1C(=O)C(=O)NCC(=O)NC(C)C. The van der Waals surface area contributed by atoms with Gasteiger partial charge in [0.1, 0.15) is 0 Å². The molecule has 7 nitrogen and oxygen atoms in total. The minimum absolute atomic E-state index is 0.0336. The van der Waals surface area contributed by atoms with Gasteiger partial charge in [-0.2, -0.15) is 5.10 Å². The molecule has 0 saturated carbocycles. The smallest absolute Gasteiger partial charge is 0.292 e. The molecular weight excluding hydrogens is 320 g/mol. The average molecular weight is 342 g/mol. The molecule has 0 aliphatic rings. The van der Waals surface area contributed by atoms with E-state index in [1.54, 1.807) is 18.5 Å². The number of carbonyl (C=O) groups excluding carboxylic acids is 3. The number of aromatic nitrogens is 2. The number of aryl methyl sites for hydroxylation is 1. The quantitative estimate of drug-likeness (QED) is 0.611. The molecular formula is C18H22N4O3. The van der Waals surface area contributed by atoms with Gasteiger partial charge in [-0.3, -0.25) is 14.4 Å². The number of hydrogen-bond donors (Lipinski definition) is 2. The van der Waals surface area contributed by atoms with Crippen LogP contribution in [0, 0.1) is 13.8 Å². The molecule has 2 amide bonds. The van der Waals surface area contributed by atoms with Crippen molar-refractivity contribution in [2.24, 2.45) is 0 Å². The molecule has 0 unspecified atom stereocenters. The van der Waals surface area contributed by atoms with Crippen LogP contribution in [0.1, 0.15) is 35.6 Å².